The number of halogens is 2. The van der Waals surface area contributed by atoms with Crippen LogP contribution < -0.4 is 5.32 Å². The average Bonchev–Trinajstić information content (AvgIpc) is 3.02. The van der Waals surface area contributed by atoms with Crippen LogP contribution in [0.3, 0.4) is 0 Å². The van der Waals surface area contributed by atoms with Crippen molar-refractivity contribution in [2.75, 3.05) is 19.5 Å². The van der Waals surface area contributed by atoms with E-state index in [4.69, 9.17) is 27.9 Å². The Labute approximate surface area is 178 Å². The minimum atomic E-state index is -0.217. The van der Waals surface area contributed by atoms with E-state index in [0.29, 0.717) is 23.2 Å². The standard InChI is InChI=1S/C20H21Cl2N3O2S/c1-13(15-8-7-14(21)11-16(15)22)23-19(26)12-28-20-24-17-5-3-4-6-18(17)25(20)9-10-27-2/h3-8,11,13H,9-10,12H2,1-2H3,(H,23,26)/t13-/m1/s1. The predicted octanol–water partition coefficient (Wildman–Crippen LogP) is 4.96. The summed E-state index contributed by atoms with van der Waals surface area (Å²) in [6.07, 6.45) is 0. The summed E-state index contributed by atoms with van der Waals surface area (Å²) in [6, 6.07) is 13.0. The molecule has 3 rings (SSSR count). The third-order valence-electron chi connectivity index (χ3n) is 4.28. The number of carbonyl (C=O) groups excluding carboxylic acids is 1. The third kappa shape index (κ3) is 5.00. The number of para-hydroxylation sites is 2. The molecule has 1 amide bonds. The number of aromatic nitrogens is 2. The number of methoxy groups -OCH3 is 1. The molecule has 0 saturated carbocycles. The number of nitrogens with one attached hydrogen (secondary N) is 1. The van der Waals surface area contributed by atoms with E-state index in [1.165, 1.54) is 11.8 Å². The van der Waals surface area contributed by atoms with E-state index in [9.17, 15) is 4.79 Å². The van der Waals surface area contributed by atoms with Crippen molar-refractivity contribution in [2.24, 2.45) is 0 Å². The molecule has 3 aromatic rings. The van der Waals surface area contributed by atoms with Crippen molar-refractivity contribution in [1.82, 2.24) is 14.9 Å². The van der Waals surface area contributed by atoms with Gasteiger partial charge >= 0.3 is 0 Å². The predicted molar refractivity (Wildman–Crippen MR) is 115 cm³/mol. The average molecular weight is 438 g/mol. The molecule has 8 heteroatoms. The van der Waals surface area contributed by atoms with Crippen LogP contribution in [0.5, 0.6) is 0 Å². The van der Waals surface area contributed by atoms with Gasteiger partial charge in [-0.25, -0.2) is 4.98 Å². The first-order chi connectivity index (χ1) is 13.5. The number of nitrogens with zero attached hydrogens (tertiary/aromatic N) is 2. The summed E-state index contributed by atoms with van der Waals surface area (Å²) >= 11 is 13.6. The fraction of sp³-hybridized carbons (Fsp3) is 0.300. The van der Waals surface area contributed by atoms with Crippen LogP contribution in [-0.4, -0.2) is 34.9 Å². The largest absolute Gasteiger partial charge is 0.383 e. The first-order valence-corrected chi connectivity index (χ1v) is 10.5. The number of carbonyl (C=O) groups is 1. The topological polar surface area (TPSA) is 56.1 Å². The highest BCUT2D eigenvalue weighted by molar-refractivity contribution is 7.99. The summed E-state index contributed by atoms with van der Waals surface area (Å²) < 4.78 is 7.29. The second-order valence-corrected chi connectivity index (χ2v) is 8.06. The molecule has 0 spiro atoms. The Kier molecular flexibility index (Phi) is 7.24. The molecular weight excluding hydrogens is 417 g/mol. The minimum absolute atomic E-state index is 0.0890. The lowest BCUT2D eigenvalue weighted by Gasteiger charge is -2.16. The summed E-state index contributed by atoms with van der Waals surface area (Å²) in [5.41, 5.74) is 2.77. The van der Waals surface area contributed by atoms with Crippen LogP contribution in [0, 0.1) is 0 Å². The van der Waals surface area contributed by atoms with Crippen molar-refractivity contribution in [3.05, 3.63) is 58.1 Å². The van der Waals surface area contributed by atoms with Gasteiger partial charge in [-0.1, -0.05) is 53.2 Å². The van der Waals surface area contributed by atoms with Crippen molar-refractivity contribution in [3.8, 4) is 0 Å². The molecule has 28 heavy (non-hydrogen) atoms. The third-order valence-corrected chi connectivity index (χ3v) is 5.82. The van der Waals surface area contributed by atoms with E-state index in [1.54, 1.807) is 19.2 Å². The molecule has 2 aromatic carbocycles. The molecular formula is C20H21Cl2N3O2S. The van der Waals surface area contributed by atoms with Gasteiger partial charge in [0.05, 0.1) is 29.4 Å². The van der Waals surface area contributed by atoms with Crippen LogP contribution in [0.2, 0.25) is 10.0 Å². The Morgan fingerprint density at radius 2 is 2.07 bits per heavy atom. The molecule has 148 valence electrons. The number of rotatable bonds is 8. The number of ether oxygens (including phenoxy) is 1. The van der Waals surface area contributed by atoms with Gasteiger partial charge in [0.2, 0.25) is 5.91 Å². The van der Waals surface area contributed by atoms with Crippen LogP contribution in [0.1, 0.15) is 18.5 Å². The Balaban J connectivity index is 1.67. The highest BCUT2D eigenvalue weighted by atomic mass is 35.5. The maximum Gasteiger partial charge on any atom is 0.230 e. The number of amides is 1. The summed E-state index contributed by atoms with van der Waals surface area (Å²) in [5, 5.41) is 4.87. The van der Waals surface area contributed by atoms with Crippen molar-refractivity contribution >= 4 is 51.9 Å². The second-order valence-electron chi connectivity index (χ2n) is 6.27. The van der Waals surface area contributed by atoms with Gasteiger partial charge in [0, 0.05) is 23.7 Å². The molecule has 0 radical (unpaired) electrons. The Hall–Kier alpha value is -1.73. The van der Waals surface area contributed by atoms with Crippen LogP contribution >= 0.6 is 35.0 Å². The molecule has 5 nitrogen and oxygen atoms in total. The van der Waals surface area contributed by atoms with Crippen molar-refractivity contribution in [2.45, 2.75) is 24.7 Å². The molecule has 0 fully saturated rings. The fourth-order valence-electron chi connectivity index (χ4n) is 2.91. The zero-order valence-electron chi connectivity index (χ0n) is 15.6. The van der Waals surface area contributed by atoms with E-state index >= 15 is 0 Å². The molecule has 0 unspecified atom stereocenters. The summed E-state index contributed by atoms with van der Waals surface area (Å²) in [4.78, 5) is 17.1. The van der Waals surface area contributed by atoms with Crippen LogP contribution in [0.15, 0.2) is 47.6 Å². The summed E-state index contributed by atoms with van der Waals surface area (Å²) in [6.45, 7) is 3.15. The molecule has 0 saturated heterocycles. The smallest absolute Gasteiger partial charge is 0.230 e. The number of fused-ring (bicyclic) bond motifs is 1. The number of thioether (sulfide) groups is 1. The lowest BCUT2D eigenvalue weighted by Crippen LogP contribution is -2.28. The second kappa shape index (κ2) is 9.65. The van der Waals surface area contributed by atoms with Gasteiger partial charge < -0.3 is 14.6 Å². The molecule has 0 bridgehead atoms. The molecule has 1 heterocycles. The van der Waals surface area contributed by atoms with Crippen molar-refractivity contribution < 1.29 is 9.53 Å². The maximum atomic E-state index is 12.5. The summed E-state index contributed by atoms with van der Waals surface area (Å²) in [5.74, 6) is 0.167. The van der Waals surface area contributed by atoms with Gasteiger partial charge in [0.1, 0.15) is 0 Å². The zero-order chi connectivity index (χ0) is 20.1. The highest BCUT2D eigenvalue weighted by Crippen LogP contribution is 2.27. The van der Waals surface area contributed by atoms with E-state index < -0.39 is 0 Å². The normalized spacial score (nSPS) is 12.3. The van der Waals surface area contributed by atoms with Gasteiger partial charge in [0.25, 0.3) is 0 Å². The van der Waals surface area contributed by atoms with Gasteiger partial charge in [0.15, 0.2) is 5.16 Å². The van der Waals surface area contributed by atoms with E-state index in [2.05, 4.69) is 14.9 Å². The lowest BCUT2D eigenvalue weighted by atomic mass is 10.1. The van der Waals surface area contributed by atoms with E-state index in [1.807, 2.05) is 37.3 Å². The molecule has 1 atom stereocenters. The molecule has 1 N–H and O–H groups in total. The Bertz CT molecular complexity index is 977. The lowest BCUT2D eigenvalue weighted by molar-refractivity contribution is -0.119. The van der Waals surface area contributed by atoms with Gasteiger partial charge in [-0.05, 0) is 36.8 Å². The van der Waals surface area contributed by atoms with Crippen LogP contribution in [-0.2, 0) is 16.1 Å². The molecule has 0 aliphatic carbocycles. The first-order valence-electron chi connectivity index (χ1n) is 8.81. The monoisotopic (exact) mass is 437 g/mol. The Morgan fingerprint density at radius 1 is 1.29 bits per heavy atom. The van der Waals surface area contributed by atoms with Crippen LogP contribution in [0.25, 0.3) is 11.0 Å². The number of hydrogen-bond donors (Lipinski definition) is 1. The van der Waals surface area contributed by atoms with Crippen LogP contribution in [0.4, 0.5) is 0 Å². The van der Waals surface area contributed by atoms with E-state index in [0.717, 1.165) is 21.8 Å². The molecule has 1 aromatic heterocycles. The Morgan fingerprint density at radius 3 is 2.82 bits per heavy atom. The van der Waals surface area contributed by atoms with Crippen molar-refractivity contribution in [1.29, 1.82) is 0 Å². The number of imidazole rings is 1. The SMILES string of the molecule is COCCn1c(SCC(=O)N[C@H](C)c2ccc(Cl)cc2Cl)nc2ccccc21. The van der Waals surface area contributed by atoms with Gasteiger partial charge in [-0.2, -0.15) is 0 Å². The quantitative estimate of drug-likeness (QED) is 0.505. The maximum absolute atomic E-state index is 12.5. The molecule has 0 aliphatic heterocycles. The summed E-state index contributed by atoms with van der Waals surface area (Å²) in [7, 11) is 1.67. The van der Waals surface area contributed by atoms with Gasteiger partial charge in [-0.15, -0.1) is 0 Å². The minimum Gasteiger partial charge on any atom is -0.383 e. The molecule has 0 aliphatic rings. The number of benzene rings is 2. The zero-order valence-corrected chi connectivity index (χ0v) is 17.9. The van der Waals surface area contributed by atoms with Crippen molar-refractivity contribution in [3.63, 3.8) is 0 Å². The first kappa shape index (κ1) is 21.0. The van der Waals surface area contributed by atoms with Gasteiger partial charge in [-0.3, -0.25) is 4.79 Å². The highest BCUT2D eigenvalue weighted by Gasteiger charge is 2.16. The van der Waals surface area contributed by atoms with E-state index in [-0.39, 0.29) is 17.7 Å². The fourth-order valence-corrected chi connectivity index (χ4v) is 4.33. The number of hydrogen-bond acceptors (Lipinski definition) is 4.